The van der Waals surface area contributed by atoms with Crippen molar-refractivity contribution >= 4 is 45.8 Å². The van der Waals surface area contributed by atoms with Gasteiger partial charge < -0.3 is 9.30 Å². The van der Waals surface area contributed by atoms with Gasteiger partial charge in [-0.2, -0.15) is 0 Å². The lowest BCUT2D eigenvalue weighted by atomic mass is 10.1. The van der Waals surface area contributed by atoms with E-state index in [1.165, 1.54) is 18.0 Å². The van der Waals surface area contributed by atoms with Crippen molar-refractivity contribution in [2.45, 2.75) is 20.5 Å². The Morgan fingerprint density at radius 1 is 1.29 bits per heavy atom. The van der Waals surface area contributed by atoms with Crippen LogP contribution >= 0.6 is 23.2 Å². The largest absolute Gasteiger partial charge is 0.487 e. The summed E-state index contributed by atoms with van der Waals surface area (Å²) in [6, 6.07) is 7.72. The van der Waals surface area contributed by atoms with Crippen molar-refractivity contribution < 1.29 is 9.53 Å². The number of rotatable bonds is 5. The quantitative estimate of drug-likeness (QED) is 0.423. The fraction of sp³-hybridized carbons (Fsp3) is 0.182. The van der Waals surface area contributed by atoms with Crippen molar-refractivity contribution in [3.8, 4) is 11.4 Å². The van der Waals surface area contributed by atoms with E-state index in [9.17, 15) is 4.79 Å². The molecular weight excluding hydrogens is 437 g/mol. The van der Waals surface area contributed by atoms with Crippen molar-refractivity contribution in [3.63, 3.8) is 0 Å². The van der Waals surface area contributed by atoms with Gasteiger partial charge >= 0.3 is 0 Å². The molecular formula is C22H19Cl2N5O2. The van der Waals surface area contributed by atoms with Crippen molar-refractivity contribution in [1.82, 2.24) is 19.5 Å². The summed E-state index contributed by atoms with van der Waals surface area (Å²) in [5, 5.41) is 1.55. The molecule has 9 heteroatoms. The summed E-state index contributed by atoms with van der Waals surface area (Å²) in [5.41, 5.74) is 3.06. The number of carbonyl (C=O) groups excluding carboxylic acids is 1. The fourth-order valence-corrected chi connectivity index (χ4v) is 3.80. The number of nitrogens with zero attached hydrogens (tertiary/aromatic N) is 5. The Kier molecular flexibility index (Phi) is 5.80. The van der Waals surface area contributed by atoms with Gasteiger partial charge in [0.25, 0.3) is 0 Å². The molecule has 4 rings (SSSR count). The number of hydrogen-bond donors (Lipinski definition) is 0. The zero-order valence-electron chi connectivity index (χ0n) is 17.1. The Labute approximate surface area is 189 Å². The van der Waals surface area contributed by atoms with Crippen LogP contribution < -0.4 is 9.64 Å². The minimum absolute atomic E-state index is 0.0913. The number of fused-ring (bicyclic) bond motifs is 1. The van der Waals surface area contributed by atoms with E-state index < -0.39 is 0 Å². The second-order valence-corrected chi connectivity index (χ2v) is 7.78. The first-order valence-corrected chi connectivity index (χ1v) is 10.2. The van der Waals surface area contributed by atoms with Gasteiger partial charge in [0, 0.05) is 49.2 Å². The summed E-state index contributed by atoms with van der Waals surface area (Å²) in [4.78, 5) is 26.1. The van der Waals surface area contributed by atoms with Crippen LogP contribution in [0.25, 0.3) is 16.6 Å². The standard InChI is InChI=1S/C22H19Cl2N5O2/c1-13-9-18(29-8-7-25-12-29)15-5-4-6-19(21(15)27-13)31-11-16-17(23)10-26-22(20(16)24)28(3)14(2)30/h4-10,12H,11H2,1-3H3. The van der Waals surface area contributed by atoms with Crippen LogP contribution in [-0.2, 0) is 11.4 Å². The van der Waals surface area contributed by atoms with Crippen LogP contribution in [0.15, 0.2) is 49.2 Å². The van der Waals surface area contributed by atoms with Gasteiger partial charge in [-0.25, -0.2) is 15.0 Å². The number of pyridine rings is 2. The van der Waals surface area contributed by atoms with Crippen LogP contribution in [0.2, 0.25) is 10.0 Å². The molecule has 0 saturated carbocycles. The number of benzene rings is 1. The van der Waals surface area contributed by atoms with Crippen molar-refractivity contribution in [2.75, 3.05) is 11.9 Å². The molecule has 0 aliphatic carbocycles. The predicted molar refractivity (Wildman–Crippen MR) is 121 cm³/mol. The summed E-state index contributed by atoms with van der Waals surface area (Å²) >= 11 is 12.8. The van der Waals surface area contributed by atoms with E-state index in [1.54, 1.807) is 19.6 Å². The summed E-state index contributed by atoms with van der Waals surface area (Å²) in [7, 11) is 1.60. The molecule has 0 unspecified atom stereocenters. The van der Waals surface area contributed by atoms with Gasteiger partial charge in [-0.05, 0) is 19.1 Å². The third-order valence-corrected chi connectivity index (χ3v) is 5.63. The topological polar surface area (TPSA) is 73.1 Å². The maximum absolute atomic E-state index is 11.7. The number of imidazole rings is 1. The summed E-state index contributed by atoms with van der Waals surface area (Å²) in [5.74, 6) is 0.726. The highest BCUT2D eigenvalue weighted by atomic mass is 35.5. The number of amides is 1. The molecule has 1 amide bonds. The maximum Gasteiger partial charge on any atom is 0.224 e. The van der Waals surface area contributed by atoms with Crippen molar-refractivity contribution in [3.05, 3.63) is 70.5 Å². The molecule has 0 bridgehead atoms. The lowest BCUT2D eigenvalue weighted by Crippen LogP contribution is -2.24. The first kappa shape index (κ1) is 21.1. The van der Waals surface area contributed by atoms with Crippen LogP contribution in [0.1, 0.15) is 18.2 Å². The number of hydrogen-bond acceptors (Lipinski definition) is 5. The average molecular weight is 456 g/mol. The molecule has 0 aliphatic heterocycles. The Balaban J connectivity index is 1.73. The first-order valence-electron chi connectivity index (χ1n) is 9.45. The van der Waals surface area contributed by atoms with Gasteiger partial charge in [0.2, 0.25) is 5.91 Å². The van der Waals surface area contributed by atoms with E-state index in [-0.39, 0.29) is 17.5 Å². The van der Waals surface area contributed by atoms with Crippen LogP contribution in [0.4, 0.5) is 5.82 Å². The van der Waals surface area contributed by atoms with Crippen LogP contribution in [0, 0.1) is 6.92 Å². The van der Waals surface area contributed by atoms with Crippen LogP contribution in [0.3, 0.4) is 0 Å². The normalized spacial score (nSPS) is 11.0. The molecule has 31 heavy (non-hydrogen) atoms. The van der Waals surface area contributed by atoms with Gasteiger partial charge in [0.05, 0.1) is 22.1 Å². The van der Waals surface area contributed by atoms with Crippen LogP contribution in [-0.4, -0.2) is 32.5 Å². The summed E-state index contributed by atoms with van der Waals surface area (Å²) in [6.07, 6.45) is 6.81. The van der Waals surface area contributed by atoms with E-state index in [4.69, 9.17) is 27.9 Å². The van der Waals surface area contributed by atoms with Gasteiger partial charge in [-0.1, -0.05) is 35.3 Å². The van der Waals surface area contributed by atoms with E-state index in [1.807, 2.05) is 42.0 Å². The monoisotopic (exact) mass is 455 g/mol. The number of carbonyl (C=O) groups is 1. The smallest absolute Gasteiger partial charge is 0.224 e. The number of aromatic nitrogens is 4. The Hall–Kier alpha value is -3.16. The van der Waals surface area contributed by atoms with E-state index in [0.717, 1.165) is 16.8 Å². The first-order chi connectivity index (χ1) is 14.9. The molecule has 0 atom stereocenters. The van der Waals surface area contributed by atoms with Gasteiger partial charge in [0.15, 0.2) is 5.82 Å². The minimum Gasteiger partial charge on any atom is -0.487 e. The molecule has 3 aromatic heterocycles. The summed E-state index contributed by atoms with van der Waals surface area (Å²) in [6.45, 7) is 3.45. The number of ether oxygens (including phenoxy) is 1. The lowest BCUT2D eigenvalue weighted by Gasteiger charge is -2.18. The molecule has 0 fully saturated rings. The predicted octanol–water partition coefficient (Wildman–Crippen LogP) is 4.99. The third-order valence-electron chi connectivity index (χ3n) is 4.90. The summed E-state index contributed by atoms with van der Waals surface area (Å²) < 4.78 is 8.03. The molecule has 0 N–H and O–H groups in total. The number of anilines is 1. The minimum atomic E-state index is -0.190. The van der Waals surface area contributed by atoms with Crippen molar-refractivity contribution in [2.24, 2.45) is 0 Å². The molecule has 0 saturated heterocycles. The van der Waals surface area contributed by atoms with E-state index in [0.29, 0.717) is 27.7 Å². The molecule has 0 aliphatic rings. The third kappa shape index (κ3) is 4.06. The highest BCUT2D eigenvalue weighted by Gasteiger charge is 2.19. The fourth-order valence-electron chi connectivity index (χ4n) is 3.22. The molecule has 0 radical (unpaired) electrons. The Morgan fingerprint density at radius 3 is 2.81 bits per heavy atom. The van der Waals surface area contributed by atoms with Crippen molar-refractivity contribution in [1.29, 1.82) is 0 Å². The molecule has 0 spiro atoms. The highest BCUT2D eigenvalue weighted by Crippen LogP contribution is 2.34. The molecule has 1 aromatic carbocycles. The average Bonchev–Trinajstić information content (AvgIpc) is 3.27. The molecule has 7 nitrogen and oxygen atoms in total. The van der Waals surface area contributed by atoms with E-state index in [2.05, 4.69) is 15.0 Å². The number of halogens is 2. The lowest BCUT2D eigenvalue weighted by molar-refractivity contribution is -0.116. The van der Waals surface area contributed by atoms with E-state index >= 15 is 0 Å². The second-order valence-electron chi connectivity index (χ2n) is 6.99. The van der Waals surface area contributed by atoms with Gasteiger partial charge in [0.1, 0.15) is 17.9 Å². The number of para-hydroxylation sites is 1. The zero-order chi connectivity index (χ0) is 22.1. The van der Waals surface area contributed by atoms with Gasteiger partial charge in [-0.3, -0.25) is 9.69 Å². The molecule has 158 valence electrons. The maximum atomic E-state index is 11.7. The molecule has 4 aromatic rings. The highest BCUT2D eigenvalue weighted by molar-refractivity contribution is 6.37. The van der Waals surface area contributed by atoms with Gasteiger partial charge in [-0.15, -0.1) is 0 Å². The van der Waals surface area contributed by atoms with Crippen LogP contribution in [0.5, 0.6) is 5.75 Å². The Bertz CT molecular complexity index is 1270. The Morgan fingerprint density at radius 2 is 2.10 bits per heavy atom. The number of aryl methyl sites for hydroxylation is 1. The second kappa shape index (κ2) is 8.53. The molecule has 3 heterocycles. The zero-order valence-corrected chi connectivity index (χ0v) is 18.6. The SMILES string of the molecule is CC(=O)N(C)c1ncc(Cl)c(COc2cccc3c(-n4ccnc4)cc(C)nc23)c1Cl.